The minimum Gasteiger partial charge on any atom is -0.379 e. The number of thiazole rings is 1. The Kier molecular flexibility index (Phi) is 10.8. The van der Waals surface area contributed by atoms with Gasteiger partial charge in [0.15, 0.2) is 5.96 Å². The third-order valence-electron chi connectivity index (χ3n) is 4.00. The Balaban J connectivity index is 0.00000288. The maximum atomic E-state index is 5.36. The Morgan fingerprint density at radius 2 is 2.00 bits per heavy atom. The molecule has 138 valence electrons. The number of halogens is 1. The predicted octanol–water partition coefficient (Wildman–Crippen LogP) is 2.16. The highest BCUT2D eigenvalue weighted by Crippen LogP contribution is 2.15. The van der Waals surface area contributed by atoms with E-state index in [-0.39, 0.29) is 24.0 Å². The van der Waals surface area contributed by atoms with Crippen LogP contribution in [0.3, 0.4) is 0 Å². The first kappa shape index (κ1) is 21.6. The van der Waals surface area contributed by atoms with Gasteiger partial charge in [-0.25, -0.2) is 4.98 Å². The Hall–Kier alpha value is -0.450. The second kappa shape index (κ2) is 12.0. The van der Waals surface area contributed by atoms with E-state index < -0.39 is 0 Å². The summed E-state index contributed by atoms with van der Waals surface area (Å²) in [6.07, 6.45) is 2.35. The van der Waals surface area contributed by atoms with Gasteiger partial charge >= 0.3 is 0 Å². The molecule has 2 N–H and O–H groups in total. The van der Waals surface area contributed by atoms with E-state index in [2.05, 4.69) is 39.4 Å². The third kappa shape index (κ3) is 7.62. The topological polar surface area (TPSA) is 61.8 Å². The summed E-state index contributed by atoms with van der Waals surface area (Å²) in [4.78, 5) is 12.6. The molecule has 0 radical (unpaired) electrons. The van der Waals surface area contributed by atoms with E-state index in [0.29, 0.717) is 0 Å². The van der Waals surface area contributed by atoms with E-state index in [1.807, 2.05) is 0 Å². The van der Waals surface area contributed by atoms with Crippen molar-refractivity contribution in [2.75, 3.05) is 46.4 Å². The van der Waals surface area contributed by atoms with Crippen molar-refractivity contribution in [1.29, 1.82) is 0 Å². The number of morpholine rings is 1. The molecule has 1 aliphatic heterocycles. The lowest BCUT2D eigenvalue weighted by Gasteiger charge is -2.26. The lowest BCUT2D eigenvalue weighted by molar-refractivity contribution is 0.0372. The number of aromatic nitrogens is 1. The summed E-state index contributed by atoms with van der Waals surface area (Å²) in [5.41, 5.74) is 1.12. The number of nitrogens with zero attached hydrogens (tertiary/aromatic N) is 3. The second-order valence-corrected chi connectivity index (χ2v) is 7.05. The molecular weight excluding hydrogens is 437 g/mol. The molecule has 0 saturated carbocycles. The Morgan fingerprint density at radius 1 is 1.25 bits per heavy atom. The fourth-order valence-corrected chi connectivity index (χ4v) is 3.36. The molecule has 0 aromatic carbocycles. The fraction of sp³-hybridized carbons (Fsp3) is 0.750. The maximum absolute atomic E-state index is 5.36. The third-order valence-corrected chi connectivity index (χ3v) is 5.07. The van der Waals surface area contributed by atoms with Gasteiger partial charge < -0.3 is 15.4 Å². The predicted molar refractivity (Wildman–Crippen MR) is 112 cm³/mol. The molecule has 1 aromatic rings. The summed E-state index contributed by atoms with van der Waals surface area (Å²) in [7, 11) is 1.81. The van der Waals surface area contributed by atoms with Gasteiger partial charge in [0.25, 0.3) is 0 Å². The van der Waals surface area contributed by atoms with Crippen molar-refractivity contribution in [3.8, 4) is 0 Å². The zero-order valence-corrected chi connectivity index (χ0v) is 18.1. The number of unbranched alkanes of at least 4 members (excludes halogenated alkanes) is 1. The molecule has 2 rings (SSSR count). The zero-order valence-electron chi connectivity index (χ0n) is 14.9. The van der Waals surface area contributed by atoms with Crippen LogP contribution in [-0.4, -0.2) is 62.3 Å². The van der Waals surface area contributed by atoms with E-state index >= 15 is 0 Å². The molecular formula is C16H30IN5OS. The van der Waals surface area contributed by atoms with Gasteiger partial charge in [-0.1, -0.05) is 0 Å². The zero-order chi connectivity index (χ0) is 16.5. The summed E-state index contributed by atoms with van der Waals surface area (Å²) < 4.78 is 5.36. The molecule has 1 fully saturated rings. The number of nitrogens with one attached hydrogen (secondary N) is 2. The Labute approximate surface area is 166 Å². The number of rotatable bonds is 7. The number of ether oxygens (including phenoxy) is 1. The van der Waals surface area contributed by atoms with Crippen LogP contribution in [0.25, 0.3) is 0 Å². The normalized spacial score (nSPS) is 15.9. The van der Waals surface area contributed by atoms with Gasteiger partial charge in [0.05, 0.1) is 25.5 Å². The van der Waals surface area contributed by atoms with Gasteiger partial charge in [0.2, 0.25) is 0 Å². The highest BCUT2D eigenvalue weighted by atomic mass is 127. The van der Waals surface area contributed by atoms with E-state index in [4.69, 9.17) is 4.74 Å². The van der Waals surface area contributed by atoms with Crippen LogP contribution < -0.4 is 10.6 Å². The molecule has 0 unspecified atom stereocenters. The van der Waals surface area contributed by atoms with E-state index in [0.717, 1.165) is 69.0 Å². The molecule has 6 nitrogen and oxygen atoms in total. The smallest absolute Gasteiger partial charge is 0.191 e. The van der Waals surface area contributed by atoms with Crippen molar-refractivity contribution >= 4 is 41.3 Å². The van der Waals surface area contributed by atoms with Gasteiger partial charge in [0, 0.05) is 31.6 Å². The molecule has 0 spiro atoms. The molecule has 0 bridgehead atoms. The summed E-state index contributed by atoms with van der Waals surface area (Å²) in [6.45, 7) is 10.9. The molecule has 0 amide bonds. The van der Waals surface area contributed by atoms with Gasteiger partial charge in [-0.05, 0) is 33.2 Å². The molecule has 8 heteroatoms. The number of aliphatic imine (C=N–C) groups is 1. The van der Waals surface area contributed by atoms with Crippen LogP contribution in [0.15, 0.2) is 4.99 Å². The van der Waals surface area contributed by atoms with Gasteiger partial charge in [0.1, 0.15) is 5.01 Å². The van der Waals surface area contributed by atoms with Crippen LogP contribution in [0.5, 0.6) is 0 Å². The van der Waals surface area contributed by atoms with Gasteiger partial charge in [-0.15, -0.1) is 35.3 Å². The Morgan fingerprint density at radius 3 is 2.62 bits per heavy atom. The molecule has 1 aromatic heterocycles. The number of guanidine groups is 1. The second-order valence-electron chi connectivity index (χ2n) is 5.76. The number of aryl methyl sites for hydroxylation is 2. The fourth-order valence-electron chi connectivity index (χ4n) is 2.49. The standard InChI is InChI=1S/C16H29N5OS.HI/c1-13-14(2)23-15(20-13)12-19-16(17-3)18-6-4-5-7-21-8-10-22-11-9-21;/h4-12H2,1-3H3,(H2,17,18,19);1H. The first-order valence-electron chi connectivity index (χ1n) is 8.36. The molecule has 0 atom stereocenters. The molecule has 1 saturated heterocycles. The average Bonchev–Trinajstić information content (AvgIpc) is 2.89. The van der Waals surface area contributed by atoms with E-state index in [9.17, 15) is 0 Å². The van der Waals surface area contributed by atoms with Crippen molar-refractivity contribution in [3.63, 3.8) is 0 Å². The van der Waals surface area contributed by atoms with Crippen molar-refractivity contribution in [3.05, 3.63) is 15.6 Å². The van der Waals surface area contributed by atoms with Crippen LogP contribution >= 0.6 is 35.3 Å². The van der Waals surface area contributed by atoms with Gasteiger partial charge in [-0.3, -0.25) is 9.89 Å². The lowest BCUT2D eigenvalue weighted by atomic mass is 10.3. The minimum absolute atomic E-state index is 0. The van der Waals surface area contributed by atoms with Crippen molar-refractivity contribution in [1.82, 2.24) is 20.5 Å². The van der Waals surface area contributed by atoms with Crippen molar-refractivity contribution in [2.24, 2.45) is 4.99 Å². The van der Waals surface area contributed by atoms with Gasteiger partial charge in [-0.2, -0.15) is 0 Å². The number of hydrogen-bond donors (Lipinski definition) is 2. The van der Waals surface area contributed by atoms with Crippen LogP contribution in [0.2, 0.25) is 0 Å². The monoisotopic (exact) mass is 467 g/mol. The summed E-state index contributed by atoms with van der Waals surface area (Å²) in [6, 6.07) is 0. The van der Waals surface area contributed by atoms with Crippen LogP contribution in [-0.2, 0) is 11.3 Å². The Bertz CT molecular complexity index is 483. The van der Waals surface area contributed by atoms with E-state index in [1.165, 1.54) is 11.3 Å². The number of hydrogen-bond acceptors (Lipinski definition) is 5. The summed E-state index contributed by atoms with van der Waals surface area (Å²) in [5, 5.41) is 7.80. The van der Waals surface area contributed by atoms with Crippen LogP contribution in [0.4, 0.5) is 0 Å². The van der Waals surface area contributed by atoms with Crippen molar-refractivity contribution < 1.29 is 4.74 Å². The average molecular weight is 467 g/mol. The van der Waals surface area contributed by atoms with E-state index in [1.54, 1.807) is 18.4 Å². The largest absolute Gasteiger partial charge is 0.379 e. The SMILES string of the molecule is CN=C(NCCCCN1CCOCC1)NCc1nc(C)c(C)s1.I. The first-order chi connectivity index (χ1) is 11.2. The molecule has 0 aliphatic carbocycles. The van der Waals surface area contributed by atoms with Crippen LogP contribution in [0.1, 0.15) is 28.4 Å². The quantitative estimate of drug-likeness (QED) is 0.279. The lowest BCUT2D eigenvalue weighted by Crippen LogP contribution is -2.38. The summed E-state index contributed by atoms with van der Waals surface area (Å²) >= 11 is 1.74. The summed E-state index contributed by atoms with van der Waals surface area (Å²) in [5.74, 6) is 0.849. The minimum atomic E-state index is 0. The molecule has 1 aliphatic rings. The van der Waals surface area contributed by atoms with Crippen LogP contribution in [0, 0.1) is 13.8 Å². The molecule has 24 heavy (non-hydrogen) atoms. The first-order valence-corrected chi connectivity index (χ1v) is 9.18. The maximum Gasteiger partial charge on any atom is 0.191 e. The highest BCUT2D eigenvalue weighted by Gasteiger charge is 2.09. The molecule has 2 heterocycles. The highest BCUT2D eigenvalue weighted by molar-refractivity contribution is 14.0. The van der Waals surface area contributed by atoms with Crippen molar-refractivity contribution in [2.45, 2.75) is 33.2 Å².